The molecule has 0 unspecified atom stereocenters. The molecule has 0 atom stereocenters. The largest absolute Gasteiger partial charge is 0.472 e. The molecule has 26 heavy (non-hydrogen) atoms. The summed E-state index contributed by atoms with van der Waals surface area (Å²) in [7, 11) is 0. The van der Waals surface area contributed by atoms with Gasteiger partial charge in [-0.2, -0.15) is 0 Å². The quantitative estimate of drug-likeness (QED) is 0.356. The summed E-state index contributed by atoms with van der Waals surface area (Å²) in [4.78, 5) is 16.3. The molecule has 0 saturated carbocycles. The number of nitrogens with zero attached hydrogens (tertiary/aromatic N) is 3. The summed E-state index contributed by atoms with van der Waals surface area (Å²) in [5, 5.41) is 16.7. The predicted octanol–water partition coefficient (Wildman–Crippen LogP) is 2.98. The van der Waals surface area contributed by atoms with E-state index >= 15 is 0 Å². The number of hydrogen-bond donors (Lipinski definition) is 2. The SMILES string of the molecule is O=C(Cc1ccoc1)Cc1nonc1C(=Nc1ccc(F)c(Br)c1)NO. The fourth-order valence-corrected chi connectivity index (χ4v) is 2.55. The van der Waals surface area contributed by atoms with Gasteiger partial charge in [-0.05, 0) is 50.9 Å². The Morgan fingerprint density at radius 2 is 2.15 bits per heavy atom. The van der Waals surface area contributed by atoms with Crippen molar-refractivity contribution in [2.75, 3.05) is 0 Å². The molecule has 1 aromatic carbocycles. The summed E-state index contributed by atoms with van der Waals surface area (Å²) in [6.45, 7) is 0. The zero-order valence-corrected chi connectivity index (χ0v) is 14.7. The summed E-state index contributed by atoms with van der Waals surface area (Å²) >= 11 is 3.06. The number of hydroxylamine groups is 1. The van der Waals surface area contributed by atoms with Crippen LogP contribution in [0.2, 0.25) is 0 Å². The third kappa shape index (κ3) is 4.21. The number of aliphatic imine (C=N–C) groups is 1. The van der Waals surface area contributed by atoms with E-state index in [1.54, 1.807) is 6.07 Å². The second-order valence-corrected chi connectivity index (χ2v) is 6.11. The van der Waals surface area contributed by atoms with E-state index in [1.165, 1.54) is 30.7 Å². The minimum atomic E-state index is -0.448. The van der Waals surface area contributed by atoms with Gasteiger partial charge in [0.1, 0.15) is 17.3 Å². The van der Waals surface area contributed by atoms with Gasteiger partial charge in [0.2, 0.25) is 0 Å². The molecule has 8 nitrogen and oxygen atoms in total. The summed E-state index contributed by atoms with van der Waals surface area (Å²) in [6.07, 6.45) is 3.05. The van der Waals surface area contributed by atoms with E-state index in [1.807, 2.05) is 5.48 Å². The first kappa shape index (κ1) is 18.0. The molecule has 2 heterocycles. The molecule has 0 amide bonds. The number of Topliss-reactive ketones (excluding diaryl/α,β-unsaturated/α-hetero) is 1. The van der Waals surface area contributed by atoms with Gasteiger partial charge in [0, 0.05) is 6.42 Å². The third-order valence-electron chi connectivity index (χ3n) is 3.38. The monoisotopic (exact) mass is 422 g/mol. The Kier molecular flexibility index (Phi) is 5.54. The van der Waals surface area contributed by atoms with Crippen LogP contribution in [0.1, 0.15) is 17.0 Å². The van der Waals surface area contributed by atoms with Crippen molar-refractivity contribution in [3.8, 4) is 0 Å². The van der Waals surface area contributed by atoms with Gasteiger partial charge in [-0.25, -0.2) is 14.0 Å². The molecular formula is C16H12BrFN4O4. The molecule has 2 N–H and O–H groups in total. The molecule has 0 radical (unpaired) electrons. The average molecular weight is 423 g/mol. The van der Waals surface area contributed by atoms with Crippen molar-refractivity contribution in [2.45, 2.75) is 12.8 Å². The number of hydrogen-bond acceptors (Lipinski definition) is 7. The Balaban J connectivity index is 1.81. The molecule has 2 aromatic heterocycles. The highest BCUT2D eigenvalue weighted by molar-refractivity contribution is 9.10. The topological polar surface area (TPSA) is 114 Å². The van der Waals surface area contributed by atoms with E-state index in [2.05, 4.69) is 35.9 Å². The number of carbonyl (C=O) groups excluding carboxylic acids is 1. The lowest BCUT2D eigenvalue weighted by atomic mass is 10.1. The van der Waals surface area contributed by atoms with Crippen LogP contribution >= 0.6 is 15.9 Å². The van der Waals surface area contributed by atoms with Gasteiger partial charge in [0.25, 0.3) is 0 Å². The Morgan fingerprint density at radius 1 is 1.31 bits per heavy atom. The van der Waals surface area contributed by atoms with E-state index in [9.17, 15) is 14.4 Å². The number of rotatable bonds is 6. The molecule has 0 fully saturated rings. The number of carbonyl (C=O) groups is 1. The molecule has 3 aromatic rings. The molecule has 3 rings (SSSR count). The van der Waals surface area contributed by atoms with Crippen molar-refractivity contribution in [3.05, 3.63) is 64.0 Å². The van der Waals surface area contributed by atoms with Gasteiger partial charge in [0.15, 0.2) is 11.5 Å². The molecule has 0 aliphatic carbocycles. The molecule has 0 aliphatic heterocycles. The number of benzene rings is 1. The van der Waals surface area contributed by atoms with Gasteiger partial charge < -0.3 is 4.42 Å². The number of ketones is 1. The highest BCUT2D eigenvalue weighted by Crippen LogP contribution is 2.23. The average Bonchev–Trinajstić information content (AvgIpc) is 3.28. The van der Waals surface area contributed by atoms with Gasteiger partial charge in [0.05, 0.1) is 29.1 Å². The maximum absolute atomic E-state index is 13.3. The minimum absolute atomic E-state index is 0.0716. The maximum atomic E-state index is 13.3. The van der Waals surface area contributed by atoms with Crippen LogP contribution in [0.15, 0.2) is 55.3 Å². The van der Waals surface area contributed by atoms with Crippen molar-refractivity contribution >= 4 is 33.2 Å². The number of furan rings is 1. The molecule has 0 bridgehead atoms. The predicted molar refractivity (Wildman–Crippen MR) is 90.6 cm³/mol. The van der Waals surface area contributed by atoms with Gasteiger partial charge >= 0.3 is 0 Å². The number of amidine groups is 1. The first-order valence-corrected chi connectivity index (χ1v) is 8.14. The van der Waals surface area contributed by atoms with Crippen molar-refractivity contribution in [3.63, 3.8) is 0 Å². The van der Waals surface area contributed by atoms with Crippen LogP contribution in [0, 0.1) is 5.82 Å². The second-order valence-electron chi connectivity index (χ2n) is 5.25. The summed E-state index contributed by atoms with van der Waals surface area (Å²) in [5.41, 5.74) is 3.26. The Bertz CT molecular complexity index is 940. The van der Waals surface area contributed by atoms with Crippen LogP contribution in [-0.2, 0) is 17.6 Å². The van der Waals surface area contributed by atoms with E-state index in [0.29, 0.717) is 5.69 Å². The first-order chi connectivity index (χ1) is 12.6. The lowest BCUT2D eigenvalue weighted by Gasteiger charge is -2.04. The fraction of sp³-hybridized carbons (Fsp3) is 0.125. The molecule has 134 valence electrons. The van der Waals surface area contributed by atoms with E-state index in [4.69, 9.17) is 4.42 Å². The first-order valence-electron chi connectivity index (χ1n) is 7.35. The van der Waals surface area contributed by atoms with E-state index in [0.717, 1.165) is 5.56 Å². The van der Waals surface area contributed by atoms with Gasteiger partial charge in [-0.15, -0.1) is 0 Å². The summed E-state index contributed by atoms with van der Waals surface area (Å²) in [5.74, 6) is -0.683. The maximum Gasteiger partial charge on any atom is 0.182 e. The van der Waals surface area contributed by atoms with Crippen LogP contribution in [-0.4, -0.2) is 27.1 Å². The number of halogens is 2. The van der Waals surface area contributed by atoms with Crippen LogP contribution < -0.4 is 5.48 Å². The van der Waals surface area contributed by atoms with Crippen LogP contribution in [0.25, 0.3) is 0 Å². The van der Waals surface area contributed by atoms with Crippen molar-refractivity contribution in [1.29, 1.82) is 0 Å². The van der Waals surface area contributed by atoms with Crippen molar-refractivity contribution < 1.29 is 23.4 Å². The van der Waals surface area contributed by atoms with Crippen molar-refractivity contribution in [1.82, 2.24) is 15.8 Å². The Hall–Kier alpha value is -2.85. The van der Waals surface area contributed by atoms with Crippen LogP contribution in [0.5, 0.6) is 0 Å². The lowest BCUT2D eigenvalue weighted by molar-refractivity contribution is -0.117. The zero-order valence-electron chi connectivity index (χ0n) is 13.1. The highest BCUT2D eigenvalue weighted by Gasteiger charge is 2.19. The smallest absolute Gasteiger partial charge is 0.182 e. The van der Waals surface area contributed by atoms with Gasteiger partial charge in [-0.3, -0.25) is 15.5 Å². The van der Waals surface area contributed by atoms with E-state index in [-0.39, 0.29) is 40.3 Å². The molecule has 0 spiro atoms. The summed E-state index contributed by atoms with van der Waals surface area (Å²) < 4.78 is 23.1. The molecule has 0 aliphatic rings. The highest BCUT2D eigenvalue weighted by atomic mass is 79.9. The minimum Gasteiger partial charge on any atom is -0.472 e. The van der Waals surface area contributed by atoms with Crippen LogP contribution in [0.4, 0.5) is 10.1 Å². The second kappa shape index (κ2) is 8.02. The lowest BCUT2D eigenvalue weighted by Crippen LogP contribution is -2.23. The molecule has 0 saturated heterocycles. The standard InChI is InChI=1S/C16H12BrFN4O4/c17-12-6-10(1-2-13(12)18)19-16(20-24)15-14(21-26-22-15)7-11(23)5-9-3-4-25-8-9/h1-4,6,8,24H,5,7H2,(H,19,20). The normalized spacial score (nSPS) is 11.6. The third-order valence-corrected chi connectivity index (χ3v) is 3.98. The Labute approximate surface area is 154 Å². The molecule has 10 heteroatoms. The Morgan fingerprint density at radius 3 is 2.85 bits per heavy atom. The zero-order chi connectivity index (χ0) is 18.5. The van der Waals surface area contributed by atoms with Crippen LogP contribution in [0.3, 0.4) is 0 Å². The van der Waals surface area contributed by atoms with Gasteiger partial charge in [-0.1, -0.05) is 5.16 Å². The number of nitrogens with one attached hydrogen (secondary N) is 1. The van der Waals surface area contributed by atoms with Crippen molar-refractivity contribution in [2.24, 2.45) is 4.99 Å². The fourth-order valence-electron chi connectivity index (χ4n) is 2.19. The number of aromatic nitrogens is 2. The molecular weight excluding hydrogens is 411 g/mol. The summed E-state index contributed by atoms with van der Waals surface area (Å²) in [6, 6.07) is 5.74. The van der Waals surface area contributed by atoms with E-state index < -0.39 is 5.82 Å².